The third-order valence-electron chi connectivity index (χ3n) is 6.07. The standard InChI is InChI=1S/C24H30ClN3O3S/c1-2-31-24(30)22-19-9-4-3-5-10-20(19)32-23(22)26-21(29)16-27-11-13-28(14-12-27)18-8-6-7-17(25)15-18/h6-8,15H,2-5,9-14,16H2,1H3,(H,26,29). The van der Waals surface area contributed by atoms with E-state index in [0.29, 0.717) is 23.7 Å². The topological polar surface area (TPSA) is 61.9 Å². The number of hydrogen-bond acceptors (Lipinski definition) is 6. The van der Waals surface area contributed by atoms with Gasteiger partial charge in [0.25, 0.3) is 0 Å². The molecule has 0 saturated carbocycles. The van der Waals surface area contributed by atoms with Gasteiger partial charge >= 0.3 is 5.97 Å². The molecule has 32 heavy (non-hydrogen) atoms. The number of nitrogens with zero attached hydrogens (tertiary/aromatic N) is 2. The number of halogens is 1. The number of thiophene rings is 1. The second-order valence-electron chi connectivity index (χ2n) is 8.28. The molecular formula is C24H30ClN3O3S. The molecule has 6 nitrogen and oxygen atoms in total. The van der Waals surface area contributed by atoms with Gasteiger partial charge in [-0.3, -0.25) is 9.69 Å². The summed E-state index contributed by atoms with van der Waals surface area (Å²) in [6.45, 7) is 5.73. The number of rotatable bonds is 6. The Morgan fingerprint density at radius 3 is 2.66 bits per heavy atom. The van der Waals surface area contributed by atoms with Crippen LogP contribution in [0.25, 0.3) is 0 Å². The number of amides is 1. The van der Waals surface area contributed by atoms with E-state index in [1.165, 1.54) is 11.3 Å². The van der Waals surface area contributed by atoms with E-state index in [1.54, 1.807) is 11.3 Å². The molecule has 1 aromatic carbocycles. The molecule has 8 heteroatoms. The summed E-state index contributed by atoms with van der Waals surface area (Å²) in [5.74, 6) is -0.402. The zero-order valence-corrected chi connectivity index (χ0v) is 20.1. The fraction of sp³-hybridized carbons (Fsp3) is 0.500. The van der Waals surface area contributed by atoms with Crippen molar-refractivity contribution >= 4 is 45.5 Å². The minimum atomic E-state index is -0.322. The van der Waals surface area contributed by atoms with Crippen molar-refractivity contribution in [3.8, 4) is 0 Å². The van der Waals surface area contributed by atoms with Crippen LogP contribution < -0.4 is 10.2 Å². The lowest BCUT2D eigenvalue weighted by atomic mass is 10.1. The van der Waals surface area contributed by atoms with E-state index in [4.69, 9.17) is 16.3 Å². The van der Waals surface area contributed by atoms with E-state index in [9.17, 15) is 9.59 Å². The fourth-order valence-electron chi connectivity index (χ4n) is 4.46. The predicted molar refractivity (Wildman–Crippen MR) is 130 cm³/mol. The molecule has 1 N–H and O–H groups in total. The summed E-state index contributed by atoms with van der Waals surface area (Å²) in [4.78, 5) is 31.2. The van der Waals surface area contributed by atoms with Crippen LogP contribution in [0.4, 0.5) is 10.7 Å². The molecule has 1 aliphatic carbocycles. The second kappa shape index (κ2) is 10.7. The minimum Gasteiger partial charge on any atom is -0.462 e. The third-order valence-corrected chi connectivity index (χ3v) is 7.51. The van der Waals surface area contributed by atoms with E-state index in [-0.39, 0.29) is 11.9 Å². The maximum atomic E-state index is 12.9. The number of anilines is 2. The van der Waals surface area contributed by atoms with E-state index in [1.807, 2.05) is 25.1 Å². The third kappa shape index (κ3) is 5.45. The Hall–Kier alpha value is -2.09. The van der Waals surface area contributed by atoms with Gasteiger partial charge in [-0.1, -0.05) is 24.1 Å². The molecule has 0 atom stereocenters. The Morgan fingerprint density at radius 1 is 1.12 bits per heavy atom. The van der Waals surface area contributed by atoms with Gasteiger partial charge in [0.15, 0.2) is 0 Å². The van der Waals surface area contributed by atoms with Gasteiger partial charge in [-0.15, -0.1) is 11.3 Å². The predicted octanol–water partition coefficient (Wildman–Crippen LogP) is 4.61. The molecule has 0 spiro atoms. The smallest absolute Gasteiger partial charge is 0.341 e. The summed E-state index contributed by atoms with van der Waals surface area (Å²) in [6, 6.07) is 7.87. The van der Waals surface area contributed by atoms with Crippen LogP contribution in [0.1, 0.15) is 47.0 Å². The van der Waals surface area contributed by atoms with Crippen LogP contribution in [0.2, 0.25) is 5.02 Å². The number of carbonyl (C=O) groups excluding carboxylic acids is 2. The van der Waals surface area contributed by atoms with Crippen molar-refractivity contribution in [1.82, 2.24) is 4.90 Å². The van der Waals surface area contributed by atoms with Crippen molar-refractivity contribution in [3.05, 3.63) is 45.3 Å². The van der Waals surface area contributed by atoms with E-state index >= 15 is 0 Å². The van der Waals surface area contributed by atoms with E-state index in [0.717, 1.165) is 68.1 Å². The number of piperazine rings is 1. The monoisotopic (exact) mass is 475 g/mol. The van der Waals surface area contributed by atoms with Crippen molar-refractivity contribution < 1.29 is 14.3 Å². The SMILES string of the molecule is CCOC(=O)c1c(NC(=O)CN2CCN(c3cccc(Cl)c3)CC2)sc2c1CCCCC2. The molecular weight excluding hydrogens is 446 g/mol. The number of aryl methyl sites for hydroxylation is 1. The van der Waals surface area contributed by atoms with Crippen molar-refractivity contribution in [1.29, 1.82) is 0 Å². The molecule has 1 aromatic heterocycles. The molecule has 1 aliphatic heterocycles. The number of nitrogens with one attached hydrogen (secondary N) is 1. The van der Waals surface area contributed by atoms with Crippen molar-refractivity contribution in [2.24, 2.45) is 0 Å². The molecule has 1 saturated heterocycles. The van der Waals surface area contributed by atoms with E-state index < -0.39 is 0 Å². The van der Waals surface area contributed by atoms with Crippen LogP contribution in [-0.2, 0) is 22.4 Å². The number of carbonyl (C=O) groups is 2. The van der Waals surface area contributed by atoms with Crippen molar-refractivity contribution in [2.75, 3.05) is 49.5 Å². The lowest BCUT2D eigenvalue weighted by Crippen LogP contribution is -2.48. The van der Waals surface area contributed by atoms with Crippen LogP contribution in [0, 0.1) is 0 Å². The normalized spacial score (nSPS) is 16.9. The molecule has 4 rings (SSSR count). The Morgan fingerprint density at radius 2 is 1.91 bits per heavy atom. The summed E-state index contributed by atoms with van der Waals surface area (Å²) < 4.78 is 5.32. The van der Waals surface area contributed by atoms with Gasteiger partial charge in [-0.05, 0) is 56.4 Å². The van der Waals surface area contributed by atoms with Crippen molar-refractivity contribution in [2.45, 2.75) is 39.0 Å². The lowest BCUT2D eigenvalue weighted by Gasteiger charge is -2.35. The van der Waals surface area contributed by atoms with Crippen LogP contribution in [0.15, 0.2) is 24.3 Å². The molecule has 172 valence electrons. The first kappa shape index (κ1) is 23.1. The zero-order valence-electron chi connectivity index (χ0n) is 18.5. The first-order chi connectivity index (χ1) is 15.5. The molecule has 1 fully saturated rings. The van der Waals surface area contributed by atoms with Gasteiger partial charge in [-0.25, -0.2) is 4.79 Å². The van der Waals surface area contributed by atoms with E-state index in [2.05, 4.69) is 21.2 Å². The Labute approximate surface area is 198 Å². The van der Waals surface area contributed by atoms with Gasteiger partial charge in [0, 0.05) is 41.8 Å². The minimum absolute atomic E-state index is 0.0804. The van der Waals surface area contributed by atoms with Crippen LogP contribution >= 0.6 is 22.9 Å². The van der Waals surface area contributed by atoms with Gasteiger partial charge in [0.1, 0.15) is 5.00 Å². The first-order valence-corrected chi connectivity index (χ1v) is 12.6. The maximum Gasteiger partial charge on any atom is 0.341 e. The van der Waals surface area contributed by atoms with Gasteiger partial charge in [0.2, 0.25) is 5.91 Å². The summed E-state index contributed by atoms with van der Waals surface area (Å²) in [6.07, 6.45) is 5.21. The van der Waals surface area contributed by atoms with Crippen LogP contribution in [-0.4, -0.2) is 56.1 Å². The quantitative estimate of drug-likeness (QED) is 0.488. The fourth-order valence-corrected chi connectivity index (χ4v) is 5.93. The molecule has 0 radical (unpaired) electrons. The van der Waals surface area contributed by atoms with Gasteiger partial charge < -0.3 is 15.0 Å². The molecule has 0 unspecified atom stereocenters. The van der Waals surface area contributed by atoms with Gasteiger partial charge in [0.05, 0.1) is 18.7 Å². The summed E-state index contributed by atoms with van der Waals surface area (Å²) in [5.41, 5.74) is 2.77. The highest BCUT2D eigenvalue weighted by molar-refractivity contribution is 7.17. The van der Waals surface area contributed by atoms with Crippen LogP contribution in [0.5, 0.6) is 0 Å². The number of benzene rings is 1. The molecule has 1 amide bonds. The number of ether oxygens (including phenoxy) is 1. The average Bonchev–Trinajstić information content (AvgIpc) is 2.94. The van der Waals surface area contributed by atoms with Gasteiger partial charge in [-0.2, -0.15) is 0 Å². The first-order valence-electron chi connectivity index (χ1n) is 11.4. The Balaban J connectivity index is 1.38. The Kier molecular flexibility index (Phi) is 7.71. The molecule has 0 bridgehead atoms. The molecule has 2 heterocycles. The summed E-state index contributed by atoms with van der Waals surface area (Å²) >= 11 is 7.66. The highest BCUT2D eigenvalue weighted by Gasteiger charge is 2.27. The summed E-state index contributed by atoms with van der Waals surface area (Å²) in [5, 5.41) is 4.41. The maximum absolute atomic E-state index is 12.9. The zero-order chi connectivity index (χ0) is 22.5. The Bertz CT molecular complexity index is 969. The highest BCUT2D eigenvalue weighted by atomic mass is 35.5. The highest BCUT2D eigenvalue weighted by Crippen LogP contribution is 2.38. The average molecular weight is 476 g/mol. The molecule has 2 aliphatic rings. The second-order valence-corrected chi connectivity index (χ2v) is 9.82. The van der Waals surface area contributed by atoms with Crippen molar-refractivity contribution in [3.63, 3.8) is 0 Å². The lowest BCUT2D eigenvalue weighted by molar-refractivity contribution is -0.117. The van der Waals surface area contributed by atoms with Crippen LogP contribution in [0.3, 0.4) is 0 Å². The summed E-state index contributed by atoms with van der Waals surface area (Å²) in [7, 11) is 0. The molecule has 2 aromatic rings. The number of hydrogen-bond donors (Lipinski definition) is 1. The number of esters is 1. The number of fused-ring (bicyclic) bond motifs is 1. The largest absolute Gasteiger partial charge is 0.462 e.